The molecule has 1 aromatic carbocycles. The van der Waals surface area contributed by atoms with Crippen LogP contribution in [0.25, 0.3) is 0 Å². The number of benzene rings is 1. The lowest BCUT2D eigenvalue weighted by molar-refractivity contribution is 0.462. The predicted octanol–water partition coefficient (Wildman–Crippen LogP) is 3.03. The van der Waals surface area contributed by atoms with Crippen molar-refractivity contribution in [3.63, 3.8) is 0 Å². The molecule has 0 fully saturated rings. The second-order valence-corrected chi connectivity index (χ2v) is 7.10. The number of rotatable bonds is 4. The van der Waals surface area contributed by atoms with Crippen molar-refractivity contribution in [2.75, 3.05) is 7.05 Å². The summed E-state index contributed by atoms with van der Waals surface area (Å²) in [5.41, 5.74) is 3.46. The lowest BCUT2D eigenvalue weighted by Crippen LogP contribution is -2.27. The molecular formula is C15H19NO3S. The first-order chi connectivity index (χ1) is 9.32. The van der Waals surface area contributed by atoms with E-state index in [-0.39, 0.29) is 0 Å². The highest BCUT2D eigenvalue weighted by molar-refractivity contribution is 7.89. The van der Waals surface area contributed by atoms with Gasteiger partial charge in [0.25, 0.3) is 0 Å². The first-order valence-electron chi connectivity index (χ1n) is 6.37. The Balaban J connectivity index is 2.40. The molecule has 4 nitrogen and oxygen atoms in total. The zero-order valence-electron chi connectivity index (χ0n) is 12.2. The Labute approximate surface area is 120 Å². The van der Waals surface area contributed by atoms with Gasteiger partial charge >= 0.3 is 0 Å². The molecule has 5 heteroatoms. The van der Waals surface area contributed by atoms with Gasteiger partial charge in [-0.1, -0.05) is 17.7 Å². The predicted molar refractivity (Wildman–Crippen MR) is 78.0 cm³/mol. The fourth-order valence-electron chi connectivity index (χ4n) is 2.45. The Morgan fingerprint density at radius 2 is 1.75 bits per heavy atom. The van der Waals surface area contributed by atoms with E-state index in [1.807, 2.05) is 32.9 Å². The molecule has 0 aliphatic heterocycles. The van der Waals surface area contributed by atoms with Gasteiger partial charge in [0.1, 0.15) is 0 Å². The molecule has 0 bridgehead atoms. The summed E-state index contributed by atoms with van der Waals surface area (Å²) >= 11 is 0. The minimum Gasteiger partial charge on any atom is -0.472 e. The molecule has 0 saturated heterocycles. The van der Waals surface area contributed by atoms with Crippen LogP contribution in [0, 0.1) is 20.8 Å². The van der Waals surface area contributed by atoms with Crippen LogP contribution in [0.4, 0.5) is 0 Å². The van der Waals surface area contributed by atoms with Crippen molar-refractivity contribution in [3.05, 3.63) is 53.0 Å². The fourth-order valence-corrected chi connectivity index (χ4v) is 4.02. The maximum absolute atomic E-state index is 12.7. The average Bonchev–Trinajstić information content (AvgIpc) is 2.79. The van der Waals surface area contributed by atoms with Crippen LogP contribution in [0.3, 0.4) is 0 Å². The lowest BCUT2D eigenvalue weighted by Gasteiger charge is -2.20. The molecule has 0 saturated carbocycles. The van der Waals surface area contributed by atoms with Gasteiger partial charge in [0.15, 0.2) is 0 Å². The van der Waals surface area contributed by atoms with Gasteiger partial charge in [0, 0.05) is 19.2 Å². The molecule has 0 aliphatic carbocycles. The number of furan rings is 1. The summed E-state index contributed by atoms with van der Waals surface area (Å²) in [6.07, 6.45) is 3.10. The Morgan fingerprint density at radius 1 is 1.15 bits per heavy atom. The standard InChI is InChI=1S/C15H19NO3S/c1-11-7-12(2)15(13(3)8-11)20(17,18)16(4)9-14-5-6-19-10-14/h5-8,10H,9H2,1-4H3. The molecule has 0 radical (unpaired) electrons. The lowest BCUT2D eigenvalue weighted by atomic mass is 10.1. The summed E-state index contributed by atoms with van der Waals surface area (Å²) in [4.78, 5) is 0.397. The van der Waals surface area contributed by atoms with E-state index in [0.717, 1.165) is 22.3 Å². The van der Waals surface area contributed by atoms with E-state index in [1.165, 1.54) is 10.6 Å². The molecule has 108 valence electrons. The smallest absolute Gasteiger partial charge is 0.243 e. The quantitative estimate of drug-likeness (QED) is 0.870. The van der Waals surface area contributed by atoms with Gasteiger partial charge in [0.2, 0.25) is 10.0 Å². The van der Waals surface area contributed by atoms with Crippen LogP contribution in [0.15, 0.2) is 40.0 Å². The summed E-state index contributed by atoms with van der Waals surface area (Å²) in [5, 5.41) is 0. The normalized spacial score (nSPS) is 12.1. The van der Waals surface area contributed by atoms with Gasteiger partial charge in [-0.15, -0.1) is 0 Å². The summed E-state index contributed by atoms with van der Waals surface area (Å²) < 4.78 is 31.7. The Bertz CT molecular complexity index is 680. The zero-order valence-corrected chi connectivity index (χ0v) is 13.0. The van der Waals surface area contributed by atoms with Crippen molar-refractivity contribution < 1.29 is 12.8 Å². The van der Waals surface area contributed by atoms with Crippen molar-refractivity contribution in [3.8, 4) is 0 Å². The molecule has 0 spiro atoms. The van der Waals surface area contributed by atoms with E-state index in [1.54, 1.807) is 19.4 Å². The molecular weight excluding hydrogens is 274 g/mol. The zero-order chi connectivity index (χ0) is 14.9. The SMILES string of the molecule is Cc1cc(C)c(S(=O)(=O)N(C)Cc2ccoc2)c(C)c1. The van der Waals surface area contributed by atoms with E-state index < -0.39 is 10.0 Å². The molecule has 0 atom stereocenters. The first kappa shape index (κ1) is 14.8. The maximum atomic E-state index is 12.7. The van der Waals surface area contributed by atoms with Crippen LogP contribution in [0.1, 0.15) is 22.3 Å². The molecule has 1 heterocycles. The van der Waals surface area contributed by atoms with E-state index >= 15 is 0 Å². The molecule has 0 N–H and O–H groups in total. The second kappa shape index (κ2) is 5.42. The van der Waals surface area contributed by atoms with Crippen molar-refractivity contribution in [2.24, 2.45) is 0 Å². The van der Waals surface area contributed by atoms with Crippen LogP contribution in [0.2, 0.25) is 0 Å². The molecule has 0 aliphatic rings. The van der Waals surface area contributed by atoms with Gasteiger partial charge in [-0.05, 0) is 38.0 Å². The molecule has 20 heavy (non-hydrogen) atoms. The van der Waals surface area contributed by atoms with E-state index in [2.05, 4.69) is 0 Å². The Kier molecular flexibility index (Phi) is 4.01. The van der Waals surface area contributed by atoms with Gasteiger partial charge < -0.3 is 4.42 Å². The fraction of sp³-hybridized carbons (Fsp3) is 0.333. The molecule has 2 rings (SSSR count). The van der Waals surface area contributed by atoms with Crippen LogP contribution in [-0.4, -0.2) is 19.8 Å². The van der Waals surface area contributed by atoms with Gasteiger partial charge in [0.05, 0.1) is 17.4 Å². The second-order valence-electron chi connectivity index (χ2n) is 5.12. The highest BCUT2D eigenvalue weighted by Gasteiger charge is 2.25. The van der Waals surface area contributed by atoms with Crippen LogP contribution >= 0.6 is 0 Å². The van der Waals surface area contributed by atoms with Gasteiger partial charge in [-0.2, -0.15) is 4.31 Å². The third-order valence-corrected chi connectivity index (χ3v) is 5.37. The summed E-state index contributed by atoms with van der Waals surface area (Å²) in [6, 6.07) is 5.55. The van der Waals surface area contributed by atoms with Crippen LogP contribution < -0.4 is 0 Å². The molecule has 2 aromatic rings. The highest BCUT2D eigenvalue weighted by atomic mass is 32.2. The van der Waals surface area contributed by atoms with Crippen LogP contribution in [-0.2, 0) is 16.6 Å². The summed E-state index contributed by atoms with van der Waals surface area (Å²) in [6.45, 7) is 5.92. The van der Waals surface area contributed by atoms with Crippen LogP contribution in [0.5, 0.6) is 0 Å². The van der Waals surface area contributed by atoms with Gasteiger partial charge in [-0.3, -0.25) is 0 Å². The largest absolute Gasteiger partial charge is 0.472 e. The monoisotopic (exact) mass is 293 g/mol. The van der Waals surface area contributed by atoms with E-state index in [4.69, 9.17) is 4.42 Å². The molecule has 0 amide bonds. The minimum absolute atomic E-state index is 0.297. The van der Waals surface area contributed by atoms with Crippen molar-refractivity contribution in [1.29, 1.82) is 0 Å². The first-order valence-corrected chi connectivity index (χ1v) is 7.81. The van der Waals surface area contributed by atoms with E-state index in [9.17, 15) is 8.42 Å². The van der Waals surface area contributed by atoms with Gasteiger partial charge in [-0.25, -0.2) is 8.42 Å². The number of hydrogen-bond acceptors (Lipinski definition) is 3. The Morgan fingerprint density at radius 3 is 2.25 bits per heavy atom. The average molecular weight is 293 g/mol. The van der Waals surface area contributed by atoms with Crippen molar-refractivity contribution >= 4 is 10.0 Å². The third kappa shape index (κ3) is 2.78. The van der Waals surface area contributed by atoms with Crippen molar-refractivity contribution in [1.82, 2.24) is 4.31 Å². The summed E-state index contributed by atoms with van der Waals surface area (Å²) in [5.74, 6) is 0. The number of aryl methyl sites for hydroxylation is 3. The topological polar surface area (TPSA) is 50.5 Å². The number of hydrogen-bond donors (Lipinski definition) is 0. The van der Waals surface area contributed by atoms with Crippen molar-refractivity contribution in [2.45, 2.75) is 32.2 Å². The Hall–Kier alpha value is -1.59. The third-order valence-electron chi connectivity index (χ3n) is 3.26. The number of sulfonamides is 1. The summed E-state index contributed by atoms with van der Waals surface area (Å²) in [7, 11) is -1.92. The highest BCUT2D eigenvalue weighted by Crippen LogP contribution is 2.25. The minimum atomic E-state index is -3.50. The molecule has 0 unspecified atom stereocenters. The van der Waals surface area contributed by atoms with E-state index in [0.29, 0.717) is 11.4 Å². The maximum Gasteiger partial charge on any atom is 0.243 e. The number of nitrogens with zero attached hydrogens (tertiary/aromatic N) is 1. The molecule has 1 aromatic heterocycles.